The third-order valence-corrected chi connectivity index (χ3v) is 7.78. The van der Waals surface area contributed by atoms with Crippen molar-refractivity contribution in [3.8, 4) is 5.75 Å². The summed E-state index contributed by atoms with van der Waals surface area (Å²) in [5.74, 6) is 3.22. The van der Waals surface area contributed by atoms with Crippen LogP contribution in [-0.2, 0) is 10.0 Å². The fourth-order valence-corrected chi connectivity index (χ4v) is 5.27. The molecule has 2 fully saturated rings. The second kappa shape index (κ2) is 10.0. The Morgan fingerprint density at radius 3 is 2.03 bits per heavy atom. The Kier molecular flexibility index (Phi) is 7.12. The van der Waals surface area contributed by atoms with E-state index >= 15 is 0 Å². The smallest absolute Gasteiger partial charge is 0.217 e. The number of likely N-dealkylation sites (N-methyl/N-ethyl adjacent to an activating group) is 1. The number of sulfonamides is 1. The molecule has 32 heavy (non-hydrogen) atoms. The summed E-state index contributed by atoms with van der Waals surface area (Å²) in [4.78, 5) is 16.0. The van der Waals surface area contributed by atoms with E-state index in [2.05, 4.69) is 31.7 Å². The molecule has 0 saturated carbocycles. The van der Waals surface area contributed by atoms with Gasteiger partial charge in [-0.15, -0.1) is 0 Å². The lowest BCUT2D eigenvalue weighted by molar-refractivity contribution is 0.312. The van der Waals surface area contributed by atoms with Gasteiger partial charge in [0.25, 0.3) is 0 Å². The lowest BCUT2D eigenvalue weighted by Gasteiger charge is -2.36. The lowest BCUT2D eigenvalue weighted by Crippen LogP contribution is -2.50. The van der Waals surface area contributed by atoms with Crippen molar-refractivity contribution >= 4 is 21.7 Å². The first-order chi connectivity index (χ1) is 15.4. The number of hydrogen-bond acceptors (Lipinski definition) is 8. The Hall–Kier alpha value is -2.43. The fraction of sp³-hybridized carbons (Fsp3) is 0.545. The molecule has 0 atom stereocenters. The van der Waals surface area contributed by atoms with Gasteiger partial charge in [-0.2, -0.15) is 4.31 Å². The maximum absolute atomic E-state index is 12.8. The number of piperazine rings is 2. The van der Waals surface area contributed by atoms with Crippen molar-refractivity contribution < 1.29 is 13.2 Å². The van der Waals surface area contributed by atoms with Crippen molar-refractivity contribution in [3.05, 3.63) is 42.2 Å². The molecule has 174 valence electrons. The Labute approximate surface area is 190 Å². The molecule has 3 heterocycles. The van der Waals surface area contributed by atoms with Crippen LogP contribution in [-0.4, -0.2) is 99.4 Å². The number of ether oxygens (including phenoxy) is 1. The number of nitrogens with zero attached hydrogens (tertiary/aromatic N) is 6. The van der Waals surface area contributed by atoms with Gasteiger partial charge in [-0.1, -0.05) is 18.2 Å². The summed E-state index contributed by atoms with van der Waals surface area (Å²) in [6.07, 6.45) is 0. The van der Waals surface area contributed by atoms with Gasteiger partial charge in [0.15, 0.2) is 0 Å². The van der Waals surface area contributed by atoms with E-state index in [1.165, 1.54) is 0 Å². The van der Waals surface area contributed by atoms with Crippen molar-refractivity contribution in [3.63, 3.8) is 0 Å². The second-order valence-corrected chi connectivity index (χ2v) is 10.4. The minimum Gasteiger partial charge on any atom is -0.492 e. The predicted molar refractivity (Wildman–Crippen MR) is 126 cm³/mol. The molecular formula is C22H32N6O3S. The molecule has 0 bridgehead atoms. The molecular weight excluding hydrogens is 428 g/mol. The summed E-state index contributed by atoms with van der Waals surface area (Å²) in [5, 5.41) is 0. The first-order valence-electron chi connectivity index (χ1n) is 11.1. The van der Waals surface area contributed by atoms with Gasteiger partial charge in [-0.3, -0.25) is 0 Å². The molecule has 9 nitrogen and oxygen atoms in total. The van der Waals surface area contributed by atoms with Crippen LogP contribution in [0.2, 0.25) is 0 Å². The van der Waals surface area contributed by atoms with Gasteiger partial charge in [-0.05, 0) is 26.1 Å². The van der Waals surface area contributed by atoms with E-state index in [4.69, 9.17) is 4.74 Å². The standard InChI is InChI=1S/C22H32N6O3S/c1-19-23-21(26-10-8-25(2)9-11-26)18-22(24-19)27-12-14-28(15-13-27)32(29,30)17-16-31-20-6-4-3-5-7-20/h3-7,18H,8-17H2,1-2H3. The number of para-hydroxylation sites is 1. The highest BCUT2D eigenvalue weighted by atomic mass is 32.2. The minimum absolute atomic E-state index is 0.0257. The van der Waals surface area contributed by atoms with E-state index in [0.717, 1.165) is 43.6 Å². The normalized spacial score (nSPS) is 18.7. The van der Waals surface area contributed by atoms with Gasteiger partial charge >= 0.3 is 0 Å². The van der Waals surface area contributed by atoms with Crippen LogP contribution in [0.1, 0.15) is 5.82 Å². The number of aryl methyl sites for hydroxylation is 1. The zero-order valence-corrected chi connectivity index (χ0v) is 19.7. The SMILES string of the molecule is Cc1nc(N2CCN(C)CC2)cc(N2CCN(S(=O)(=O)CCOc3ccccc3)CC2)n1. The van der Waals surface area contributed by atoms with Crippen LogP contribution in [0.4, 0.5) is 11.6 Å². The maximum atomic E-state index is 12.8. The highest BCUT2D eigenvalue weighted by Gasteiger charge is 2.28. The van der Waals surface area contributed by atoms with E-state index < -0.39 is 10.0 Å². The minimum atomic E-state index is -3.36. The Bertz CT molecular complexity index is 988. The molecule has 0 unspecified atom stereocenters. The van der Waals surface area contributed by atoms with Gasteiger partial charge in [0.1, 0.15) is 29.8 Å². The zero-order valence-electron chi connectivity index (χ0n) is 18.9. The van der Waals surface area contributed by atoms with Crippen LogP contribution in [0.5, 0.6) is 5.75 Å². The van der Waals surface area contributed by atoms with Gasteiger partial charge in [0.05, 0.1) is 5.75 Å². The Morgan fingerprint density at radius 2 is 1.44 bits per heavy atom. The summed E-state index contributed by atoms with van der Waals surface area (Å²) in [5.41, 5.74) is 0. The fourth-order valence-electron chi connectivity index (χ4n) is 4.00. The molecule has 2 aromatic rings. The summed E-state index contributed by atoms with van der Waals surface area (Å²) >= 11 is 0. The van der Waals surface area contributed by atoms with Crippen molar-refractivity contribution in [2.24, 2.45) is 0 Å². The summed E-state index contributed by atoms with van der Waals surface area (Å²) < 4.78 is 32.6. The van der Waals surface area contributed by atoms with Crippen LogP contribution >= 0.6 is 0 Å². The highest BCUT2D eigenvalue weighted by Crippen LogP contribution is 2.22. The number of hydrogen-bond donors (Lipinski definition) is 0. The van der Waals surface area contributed by atoms with E-state index in [9.17, 15) is 8.42 Å². The van der Waals surface area contributed by atoms with Crippen LogP contribution in [0, 0.1) is 6.92 Å². The van der Waals surface area contributed by atoms with Crippen LogP contribution < -0.4 is 14.5 Å². The first kappa shape index (κ1) is 22.8. The average molecular weight is 461 g/mol. The molecule has 1 aromatic carbocycles. The maximum Gasteiger partial charge on any atom is 0.217 e. The third-order valence-electron chi connectivity index (χ3n) is 5.95. The summed E-state index contributed by atoms with van der Waals surface area (Å²) in [6, 6.07) is 11.3. The van der Waals surface area contributed by atoms with Crippen molar-refractivity contribution in [2.45, 2.75) is 6.92 Å². The molecule has 0 amide bonds. The molecule has 0 radical (unpaired) electrons. The lowest BCUT2D eigenvalue weighted by atomic mass is 10.3. The first-order valence-corrected chi connectivity index (χ1v) is 12.7. The van der Waals surface area contributed by atoms with Gasteiger partial charge in [0.2, 0.25) is 10.0 Å². The average Bonchev–Trinajstić information content (AvgIpc) is 2.80. The monoisotopic (exact) mass is 460 g/mol. The quantitative estimate of drug-likeness (QED) is 0.607. The van der Waals surface area contributed by atoms with Gasteiger partial charge in [-0.25, -0.2) is 18.4 Å². The Balaban J connectivity index is 1.33. The van der Waals surface area contributed by atoms with Crippen LogP contribution in [0.25, 0.3) is 0 Å². The van der Waals surface area contributed by atoms with Gasteiger partial charge < -0.3 is 19.4 Å². The topological polar surface area (TPSA) is 82.1 Å². The van der Waals surface area contributed by atoms with E-state index in [-0.39, 0.29) is 12.4 Å². The molecule has 0 N–H and O–H groups in total. The van der Waals surface area contributed by atoms with E-state index in [1.807, 2.05) is 43.3 Å². The Morgan fingerprint density at radius 1 is 0.875 bits per heavy atom. The van der Waals surface area contributed by atoms with E-state index in [1.54, 1.807) is 4.31 Å². The molecule has 0 spiro atoms. The number of rotatable bonds is 7. The van der Waals surface area contributed by atoms with Crippen LogP contribution in [0.15, 0.2) is 36.4 Å². The van der Waals surface area contributed by atoms with Crippen molar-refractivity contribution in [1.29, 1.82) is 0 Å². The van der Waals surface area contributed by atoms with Crippen molar-refractivity contribution in [1.82, 2.24) is 19.2 Å². The molecule has 0 aliphatic carbocycles. The predicted octanol–water partition coefficient (Wildman–Crippen LogP) is 1.07. The van der Waals surface area contributed by atoms with Crippen LogP contribution in [0.3, 0.4) is 0 Å². The van der Waals surface area contributed by atoms with Crippen molar-refractivity contribution in [2.75, 3.05) is 81.6 Å². The van der Waals surface area contributed by atoms with Gasteiger partial charge in [0, 0.05) is 58.4 Å². The number of benzene rings is 1. The highest BCUT2D eigenvalue weighted by molar-refractivity contribution is 7.89. The number of aromatic nitrogens is 2. The summed E-state index contributed by atoms with van der Waals surface area (Å²) in [6.45, 7) is 8.09. The zero-order chi connectivity index (χ0) is 22.6. The molecule has 4 rings (SSSR count). The molecule has 2 aliphatic heterocycles. The largest absolute Gasteiger partial charge is 0.492 e. The second-order valence-electron chi connectivity index (χ2n) is 8.29. The molecule has 2 aliphatic rings. The number of anilines is 2. The molecule has 10 heteroatoms. The molecule has 1 aromatic heterocycles. The molecule has 2 saturated heterocycles. The summed E-state index contributed by atoms with van der Waals surface area (Å²) in [7, 11) is -1.23. The van der Waals surface area contributed by atoms with E-state index in [0.29, 0.717) is 31.9 Å². The third kappa shape index (κ3) is 5.67.